The van der Waals surface area contributed by atoms with E-state index in [9.17, 15) is 5.11 Å². The lowest BCUT2D eigenvalue weighted by Gasteiger charge is -2.20. The van der Waals surface area contributed by atoms with Crippen molar-refractivity contribution < 1.29 is 9.52 Å². The minimum absolute atomic E-state index is 0.396. The minimum Gasteiger partial charge on any atom is -0.465 e. The summed E-state index contributed by atoms with van der Waals surface area (Å²) in [6, 6.07) is 2.05. The van der Waals surface area contributed by atoms with Crippen molar-refractivity contribution in [1.29, 1.82) is 0 Å². The largest absolute Gasteiger partial charge is 0.465 e. The fourth-order valence-corrected chi connectivity index (χ4v) is 2.26. The van der Waals surface area contributed by atoms with Gasteiger partial charge in [0.05, 0.1) is 5.60 Å². The molecule has 2 heteroatoms. The van der Waals surface area contributed by atoms with Crippen molar-refractivity contribution in [3.05, 3.63) is 23.2 Å². The highest BCUT2D eigenvalue weighted by molar-refractivity contribution is 5.30. The molecule has 0 fully saturated rings. The molecule has 0 saturated heterocycles. The van der Waals surface area contributed by atoms with E-state index >= 15 is 0 Å². The van der Waals surface area contributed by atoms with Gasteiger partial charge in [-0.2, -0.15) is 0 Å². The van der Waals surface area contributed by atoms with Crippen molar-refractivity contribution in [2.75, 3.05) is 0 Å². The molecular weight excluding hydrogens is 212 g/mol. The predicted octanol–water partition coefficient (Wildman–Crippen LogP) is 4.36. The lowest BCUT2D eigenvalue weighted by Crippen LogP contribution is -2.20. The van der Waals surface area contributed by atoms with Crippen molar-refractivity contribution in [1.82, 2.24) is 0 Å². The first-order valence-electron chi connectivity index (χ1n) is 6.86. The monoisotopic (exact) mass is 238 g/mol. The Labute approximate surface area is 105 Å². The number of aryl methyl sites for hydroxylation is 1. The fraction of sp³-hybridized carbons (Fsp3) is 0.733. The van der Waals surface area contributed by atoms with E-state index in [1.165, 1.54) is 0 Å². The molecule has 0 aromatic carbocycles. The van der Waals surface area contributed by atoms with Gasteiger partial charge < -0.3 is 9.52 Å². The van der Waals surface area contributed by atoms with Gasteiger partial charge in [-0.05, 0) is 32.3 Å². The van der Waals surface area contributed by atoms with Crippen LogP contribution in [0.4, 0.5) is 0 Å². The molecule has 1 heterocycles. The van der Waals surface area contributed by atoms with Crippen LogP contribution in [0, 0.1) is 0 Å². The first kappa shape index (κ1) is 14.3. The maximum absolute atomic E-state index is 10.3. The molecule has 0 radical (unpaired) electrons. The van der Waals surface area contributed by atoms with Crippen molar-refractivity contribution in [2.24, 2.45) is 0 Å². The van der Waals surface area contributed by atoms with Crippen molar-refractivity contribution in [3.63, 3.8) is 0 Å². The normalized spacial score (nSPS) is 23.7. The lowest BCUT2D eigenvalue weighted by molar-refractivity contribution is 0.0468. The molecule has 1 aromatic rings. The first-order valence-corrected chi connectivity index (χ1v) is 6.86. The van der Waals surface area contributed by atoms with E-state index in [1.54, 1.807) is 0 Å². The molecule has 0 spiro atoms. The Balaban J connectivity index is 0.000000686. The Kier molecular flexibility index (Phi) is 4.81. The maximum atomic E-state index is 10.3. The third kappa shape index (κ3) is 3.12. The van der Waals surface area contributed by atoms with E-state index in [0.717, 1.165) is 42.8 Å². The molecule has 0 saturated carbocycles. The molecule has 1 unspecified atom stereocenters. The molecular formula is C15H26O2. The number of fused-ring (bicyclic) bond motifs is 1. The van der Waals surface area contributed by atoms with Crippen LogP contribution in [-0.2, 0) is 12.0 Å². The maximum Gasteiger partial charge on any atom is 0.110 e. The Hall–Kier alpha value is -0.760. The van der Waals surface area contributed by atoms with Crippen LogP contribution in [0.1, 0.15) is 76.9 Å². The second kappa shape index (κ2) is 5.72. The number of rotatable bonds is 1. The summed E-state index contributed by atoms with van der Waals surface area (Å²) < 4.78 is 5.82. The van der Waals surface area contributed by atoms with Gasteiger partial charge >= 0.3 is 0 Å². The Morgan fingerprint density at radius 3 is 2.53 bits per heavy atom. The van der Waals surface area contributed by atoms with E-state index in [-0.39, 0.29) is 0 Å². The Bertz CT molecular complexity index is 348. The number of hydrogen-bond donors (Lipinski definition) is 1. The van der Waals surface area contributed by atoms with E-state index in [2.05, 4.69) is 13.8 Å². The highest BCUT2D eigenvalue weighted by atomic mass is 16.3. The van der Waals surface area contributed by atoms with Crippen molar-refractivity contribution in [2.45, 2.75) is 71.8 Å². The Morgan fingerprint density at radius 1 is 1.29 bits per heavy atom. The molecule has 0 bridgehead atoms. The molecule has 98 valence electrons. The van der Waals surface area contributed by atoms with Crippen molar-refractivity contribution >= 4 is 0 Å². The summed E-state index contributed by atoms with van der Waals surface area (Å²) in [6.07, 6.45) is 4.01. The topological polar surface area (TPSA) is 33.4 Å². The minimum atomic E-state index is -0.692. The molecule has 17 heavy (non-hydrogen) atoms. The van der Waals surface area contributed by atoms with Gasteiger partial charge in [0, 0.05) is 17.9 Å². The van der Waals surface area contributed by atoms with Crippen LogP contribution in [0.3, 0.4) is 0 Å². The molecule has 1 atom stereocenters. The summed E-state index contributed by atoms with van der Waals surface area (Å²) in [5.41, 5.74) is 0.325. The number of aliphatic hydroxyl groups is 1. The number of furan rings is 1. The summed E-state index contributed by atoms with van der Waals surface area (Å²) in [4.78, 5) is 0. The third-order valence-corrected chi connectivity index (χ3v) is 3.29. The van der Waals surface area contributed by atoms with Gasteiger partial charge in [-0.1, -0.05) is 27.7 Å². The van der Waals surface area contributed by atoms with Crippen LogP contribution in [0.5, 0.6) is 0 Å². The average molecular weight is 238 g/mol. The molecule has 0 aliphatic heterocycles. The van der Waals surface area contributed by atoms with Gasteiger partial charge in [-0.3, -0.25) is 0 Å². The zero-order chi connectivity index (χ0) is 13.1. The molecule has 2 nitrogen and oxygen atoms in total. The van der Waals surface area contributed by atoms with Crippen LogP contribution >= 0.6 is 0 Å². The van der Waals surface area contributed by atoms with E-state index in [1.807, 2.05) is 26.8 Å². The SMILES string of the molecule is CC.CC(C)c1cc2c(o1)CCCCC2(C)O. The van der Waals surface area contributed by atoms with Crippen LogP contribution in [0.25, 0.3) is 0 Å². The van der Waals surface area contributed by atoms with Gasteiger partial charge in [-0.25, -0.2) is 0 Å². The van der Waals surface area contributed by atoms with E-state index in [0.29, 0.717) is 5.92 Å². The van der Waals surface area contributed by atoms with Crippen molar-refractivity contribution in [3.8, 4) is 0 Å². The zero-order valence-corrected chi connectivity index (χ0v) is 11.8. The van der Waals surface area contributed by atoms with Gasteiger partial charge in [0.25, 0.3) is 0 Å². The molecule has 2 rings (SSSR count). The second-order valence-electron chi connectivity index (χ2n) is 5.12. The smallest absolute Gasteiger partial charge is 0.110 e. The summed E-state index contributed by atoms with van der Waals surface area (Å²) in [6.45, 7) is 10.1. The second-order valence-corrected chi connectivity index (χ2v) is 5.12. The standard InChI is InChI=1S/C13H20O2.C2H6/c1-9(2)12-8-10-11(15-12)6-4-5-7-13(10,3)14;1-2/h8-9,14H,4-7H2,1-3H3;1-2H3. The molecule has 1 aliphatic rings. The van der Waals surface area contributed by atoms with Crippen LogP contribution in [0.2, 0.25) is 0 Å². The highest BCUT2D eigenvalue weighted by Gasteiger charge is 2.31. The van der Waals surface area contributed by atoms with Crippen LogP contribution in [0.15, 0.2) is 10.5 Å². The van der Waals surface area contributed by atoms with Gasteiger partial charge in [0.15, 0.2) is 0 Å². The first-order chi connectivity index (χ1) is 8.00. The number of hydrogen-bond acceptors (Lipinski definition) is 2. The van der Waals surface area contributed by atoms with Gasteiger partial charge in [0.1, 0.15) is 11.5 Å². The molecule has 0 amide bonds. The highest BCUT2D eigenvalue weighted by Crippen LogP contribution is 2.37. The summed E-state index contributed by atoms with van der Waals surface area (Å²) in [5, 5.41) is 10.3. The molecule has 1 aromatic heterocycles. The Morgan fingerprint density at radius 2 is 1.94 bits per heavy atom. The average Bonchev–Trinajstić information content (AvgIpc) is 2.67. The summed E-state index contributed by atoms with van der Waals surface area (Å²) >= 11 is 0. The summed E-state index contributed by atoms with van der Waals surface area (Å²) in [7, 11) is 0. The molecule has 1 N–H and O–H groups in total. The van der Waals surface area contributed by atoms with Crippen LogP contribution in [-0.4, -0.2) is 5.11 Å². The third-order valence-electron chi connectivity index (χ3n) is 3.29. The predicted molar refractivity (Wildman–Crippen MR) is 71.3 cm³/mol. The molecule has 1 aliphatic carbocycles. The van der Waals surface area contributed by atoms with E-state index < -0.39 is 5.60 Å². The quantitative estimate of drug-likeness (QED) is 0.737. The van der Waals surface area contributed by atoms with Gasteiger partial charge in [0.2, 0.25) is 0 Å². The lowest BCUT2D eigenvalue weighted by atomic mass is 9.93. The van der Waals surface area contributed by atoms with E-state index in [4.69, 9.17) is 4.42 Å². The fourth-order valence-electron chi connectivity index (χ4n) is 2.26. The summed E-state index contributed by atoms with van der Waals surface area (Å²) in [5.74, 6) is 2.40. The van der Waals surface area contributed by atoms with Crippen LogP contribution < -0.4 is 0 Å². The van der Waals surface area contributed by atoms with Gasteiger partial charge in [-0.15, -0.1) is 0 Å². The zero-order valence-electron chi connectivity index (χ0n) is 11.8.